The van der Waals surface area contributed by atoms with Gasteiger partial charge in [-0.15, -0.1) is 0 Å². The second-order valence-corrected chi connectivity index (χ2v) is 13.2. The Labute approximate surface area is 198 Å². The van der Waals surface area contributed by atoms with Crippen LogP contribution in [0.4, 0.5) is 0 Å². The molecule has 32 heavy (non-hydrogen) atoms. The van der Waals surface area contributed by atoms with Crippen molar-refractivity contribution >= 4 is 5.78 Å². The molecule has 1 N–H and O–H groups in total. The zero-order valence-electron chi connectivity index (χ0n) is 21.8. The van der Waals surface area contributed by atoms with Crippen molar-refractivity contribution in [3.8, 4) is 0 Å². The third kappa shape index (κ3) is 4.05. The summed E-state index contributed by atoms with van der Waals surface area (Å²) < 4.78 is 0. The van der Waals surface area contributed by atoms with Crippen LogP contribution in [0, 0.1) is 52.3 Å². The molecule has 0 bridgehead atoms. The summed E-state index contributed by atoms with van der Waals surface area (Å²) in [6.45, 7) is 14.2. The topological polar surface area (TPSA) is 37.3 Å². The fourth-order valence-corrected chi connectivity index (χ4v) is 9.41. The van der Waals surface area contributed by atoms with E-state index in [2.05, 4.69) is 47.6 Å². The molecular weight excluding hydrogens is 392 g/mol. The van der Waals surface area contributed by atoms with Crippen LogP contribution in [-0.4, -0.2) is 17.0 Å². The van der Waals surface area contributed by atoms with Crippen LogP contribution in [0.5, 0.6) is 0 Å². The van der Waals surface area contributed by atoms with E-state index in [1.807, 2.05) is 0 Å². The Balaban J connectivity index is 1.49. The molecule has 3 unspecified atom stereocenters. The maximum atomic E-state index is 13.2. The summed E-state index contributed by atoms with van der Waals surface area (Å²) in [7, 11) is 0. The lowest BCUT2D eigenvalue weighted by molar-refractivity contribution is -0.126. The van der Waals surface area contributed by atoms with E-state index in [9.17, 15) is 9.90 Å². The van der Waals surface area contributed by atoms with Crippen LogP contribution >= 0.6 is 0 Å². The number of carbonyl (C=O) groups excluding carboxylic acids is 1. The molecule has 0 aromatic carbocycles. The highest BCUT2D eigenvalue weighted by atomic mass is 16.3. The van der Waals surface area contributed by atoms with Crippen LogP contribution in [0.25, 0.3) is 0 Å². The van der Waals surface area contributed by atoms with Crippen molar-refractivity contribution in [3.63, 3.8) is 0 Å². The smallest absolute Gasteiger partial charge is 0.136 e. The summed E-state index contributed by atoms with van der Waals surface area (Å²) in [5.41, 5.74) is 2.31. The molecule has 4 aliphatic rings. The summed E-state index contributed by atoms with van der Waals surface area (Å²) in [4.78, 5) is 13.2. The van der Waals surface area contributed by atoms with Crippen molar-refractivity contribution in [1.29, 1.82) is 0 Å². The van der Waals surface area contributed by atoms with E-state index in [0.29, 0.717) is 34.4 Å². The van der Waals surface area contributed by atoms with E-state index >= 15 is 0 Å². The van der Waals surface area contributed by atoms with Crippen LogP contribution in [0.1, 0.15) is 112 Å². The highest BCUT2D eigenvalue weighted by Gasteiger charge is 2.59. The van der Waals surface area contributed by atoms with E-state index in [1.54, 1.807) is 5.57 Å². The largest absolute Gasteiger partial charge is 0.393 e. The molecule has 2 nitrogen and oxygen atoms in total. The van der Waals surface area contributed by atoms with Gasteiger partial charge in [-0.05, 0) is 104 Å². The van der Waals surface area contributed by atoms with E-state index in [0.717, 1.165) is 49.9 Å². The van der Waals surface area contributed by atoms with Gasteiger partial charge >= 0.3 is 0 Å². The van der Waals surface area contributed by atoms with Crippen LogP contribution in [0.15, 0.2) is 11.6 Å². The van der Waals surface area contributed by atoms with E-state index in [1.165, 1.54) is 38.5 Å². The Bertz CT molecular complexity index is 722. The molecule has 0 aliphatic heterocycles. The minimum atomic E-state index is -0.114. The standard InChI is InChI=1S/C30H50O2/c1-7-8-23(19(2)3)28(32)17-20(4)25-11-12-26-24-10-9-21-18-22(31)13-15-29(21,5)27(24)14-16-30(25,26)6/h9,19-20,22-27,31H,7-8,10-18H2,1-6H3/t20-,22+,23-,24?,25-,26?,27?,29+,30-/m1/s1. The summed E-state index contributed by atoms with van der Waals surface area (Å²) >= 11 is 0. The number of carbonyl (C=O) groups is 1. The van der Waals surface area contributed by atoms with Gasteiger partial charge in [0.05, 0.1) is 6.10 Å². The van der Waals surface area contributed by atoms with Crippen LogP contribution in [0.3, 0.4) is 0 Å². The van der Waals surface area contributed by atoms with Gasteiger partial charge < -0.3 is 5.11 Å². The number of hydrogen-bond donors (Lipinski definition) is 1. The molecule has 9 atom stereocenters. The number of rotatable bonds is 7. The van der Waals surface area contributed by atoms with Gasteiger partial charge in [0.1, 0.15) is 5.78 Å². The lowest BCUT2D eigenvalue weighted by Gasteiger charge is -2.58. The molecule has 0 aromatic rings. The SMILES string of the molecule is CCC[C@@H](C(=O)C[C@@H](C)[C@H]1CCC2C3CC=C4C[C@@H](O)CC[C@]4(C)C3CC[C@@]21C)C(C)C. The third-order valence-corrected chi connectivity index (χ3v) is 11.2. The average Bonchev–Trinajstić information content (AvgIpc) is 3.09. The van der Waals surface area contributed by atoms with Gasteiger partial charge in [-0.1, -0.05) is 59.6 Å². The Morgan fingerprint density at radius 3 is 2.53 bits per heavy atom. The summed E-state index contributed by atoms with van der Waals surface area (Å²) in [5, 5.41) is 10.3. The van der Waals surface area contributed by atoms with Crippen molar-refractivity contribution in [1.82, 2.24) is 0 Å². The molecular formula is C30H50O2. The molecule has 0 radical (unpaired) electrons. The monoisotopic (exact) mass is 442 g/mol. The molecule has 2 heteroatoms. The molecule has 3 fully saturated rings. The molecule has 0 heterocycles. The number of ketones is 1. The first-order valence-corrected chi connectivity index (χ1v) is 14.0. The number of fused-ring (bicyclic) bond motifs is 5. The summed E-state index contributed by atoms with van der Waals surface area (Å²) in [5.74, 6) is 4.92. The molecule has 0 amide bonds. The molecule has 182 valence electrons. The predicted molar refractivity (Wildman–Crippen MR) is 133 cm³/mol. The van der Waals surface area contributed by atoms with E-state index in [-0.39, 0.29) is 12.0 Å². The quantitative estimate of drug-likeness (QED) is 0.412. The highest BCUT2D eigenvalue weighted by molar-refractivity contribution is 5.81. The summed E-state index contributed by atoms with van der Waals surface area (Å²) in [6.07, 6.45) is 15.1. The lowest BCUT2D eigenvalue weighted by atomic mass is 9.47. The molecule has 4 aliphatic carbocycles. The maximum Gasteiger partial charge on any atom is 0.136 e. The van der Waals surface area contributed by atoms with Crippen LogP contribution in [-0.2, 0) is 4.79 Å². The van der Waals surface area contributed by atoms with Crippen molar-refractivity contribution in [2.24, 2.45) is 52.3 Å². The van der Waals surface area contributed by atoms with Crippen molar-refractivity contribution < 1.29 is 9.90 Å². The Kier molecular flexibility index (Phi) is 7.04. The first kappa shape index (κ1) is 24.5. The minimum Gasteiger partial charge on any atom is -0.393 e. The molecule has 0 aromatic heterocycles. The van der Waals surface area contributed by atoms with E-state index < -0.39 is 0 Å². The van der Waals surface area contributed by atoms with Gasteiger partial charge in [-0.3, -0.25) is 4.79 Å². The van der Waals surface area contributed by atoms with Gasteiger partial charge in [0.2, 0.25) is 0 Å². The van der Waals surface area contributed by atoms with Crippen LogP contribution in [0.2, 0.25) is 0 Å². The van der Waals surface area contributed by atoms with Crippen molar-refractivity contribution in [3.05, 3.63) is 11.6 Å². The third-order valence-electron chi connectivity index (χ3n) is 11.2. The first-order chi connectivity index (χ1) is 15.1. The summed E-state index contributed by atoms with van der Waals surface area (Å²) in [6, 6.07) is 0. The molecule has 0 spiro atoms. The fraction of sp³-hybridized carbons (Fsp3) is 0.900. The van der Waals surface area contributed by atoms with Gasteiger partial charge in [0.25, 0.3) is 0 Å². The number of aliphatic hydroxyl groups is 1. The van der Waals surface area contributed by atoms with Gasteiger partial charge in [0.15, 0.2) is 0 Å². The maximum absolute atomic E-state index is 13.2. The fourth-order valence-electron chi connectivity index (χ4n) is 9.41. The van der Waals surface area contributed by atoms with Gasteiger partial charge in [-0.25, -0.2) is 0 Å². The molecule has 3 saturated carbocycles. The number of hydrogen-bond acceptors (Lipinski definition) is 2. The zero-order chi connectivity index (χ0) is 23.3. The van der Waals surface area contributed by atoms with Gasteiger partial charge in [-0.2, -0.15) is 0 Å². The number of allylic oxidation sites excluding steroid dienone is 1. The van der Waals surface area contributed by atoms with Crippen LogP contribution < -0.4 is 0 Å². The molecule has 0 saturated heterocycles. The lowest BCUT2D eigenvalue weighted by Crippen LogP contribution is -2.50. The van der Waals surface area contributed by atoms with Gasteiger partial charge in [0, 0.05) is 12.3 Å². The van der Waals surface area contributed by atoms with Crippen molar-refractivity contribution in [2.75, 3.05) is 0 Å². The Hall–Kier alpha value is -0.630. The average molecular weight is 443 g/mol. The van der Waals surface area contributed by atoms with Crippen molar-refractivity contribution in [2.45, 2.75) is 118 Å². The second-order valence-electron chi connectivity index (χ2n) is 13.2. The second kappa shape index (κ2) is 9.20. The number of Topliss-reactive ketones (excluding diaryl/α,β-unsaturated/α-hetero) is 1. The highest BCUT2D eigenvalue weighted by Crippen LogP contribution is 2.67. The first-order valence-electron chi connectivity index (χ1n) is 14.0. The molecule has 4 rings (SSSR count). The number of aliphatic hydroxyl groups excluding tert-OH is 1. The Morgan fingerprint density at radius 1 is 1.09 bits per heavy atom. The zero-order valence-corrected chi connectivity index (χ0v) is 21.8. The normalized spacial score (nSPS) is 43.1. The Morgan fingerprint density at radius 2 is 1.84 bits per heavy atom. The predicted octanol–water partition coefficient (Wildman–Crippen LogP) is 7.59. The van der Waals surface area contributed by atoms with E-state index in [4.69, 9.17) is 0 Å². The minimum absolute atomic E-state index is 0.114.